The monoisotopic (exact) mass is 592 g/mol. The highest BCUT2D eigenvalue weighted by atomic mass is 35.5. The van der Waals surface area contributed by atoms with Gasteiger partial charge in [-0.1, -0.05) is 198 Å². The predicted octanol–water partition coefficient (Wildman–Crippen LogP) is 13.8. The van der Waals surface area contributed by atoms with Crippen LogP contribution in [0, 0.1) is 0 Å². The maximum atomic E-state index is 2.80. The molecule has 0 aliphatic heterocycles. The van der Waals surface area contributed by atoms with E-state index in [9.17, 15) is 0 Å². The lowest BCUT2D eigenvalue weighted by Crippen LogP contribution is -2.42. The SMILES string of the molecule is CCCCCCCCCCCCCCCCN(CCCCCCCCCCCCCC)C(C)(C)c1ccccc1.Cl. The largest absolute Gasteiger partial charge is 0.294 e. The third kappa shape index (κ3) is 22.6. The molecule has 0 fully saturated rings. The van der Waals surface area contributed by atoms with Crippen molar-refractivity contribution >= 4 is 12.4 Å². The Morgan fingerprint density at radius 2 is 0.683 bits per heavy atom. The Morgan fingerprint density at radius 3 is 0.976 bits per heavy atom. The van der Waals surface area contributed by atoms with Crippen LogP contribution in [0.2, 0.25) is 0 Å². The van der Waals surface area contributed by atoms with Crippen molar-refractivity contribution in [1.29, 1.82) is 0 Å². The Morgan fingerprint density at radius 1 is 0.415 bits per heavy atom. The fourth-order valence-corrected chi connectivity index (χ4v) is 6.34. The van der Waals surface area contributed by atoms with E-state index in [1.807, 2.05) is 0 Å². The zero-order valence-corrected chi connectivity index (χ0v) is 29.4. The second-order valence-corrected chi connectivity index (χ2v) is 13.4. The second kappa shape index (κ2) is 29.5. The number of halogens is 1. The van der Waals surface area contributed by atoms with Gasteiger partial charge in [0.25, 0.3) is 0 Å². The molecule has 0 aromatic heterocycles. The molecule has 1 aromatic carbocycles. The number of benzene rings is 1. The van der Waals surface area contributed by atoms with Gasteiger partial charge in [0.15, 0.2) is 0 Å². The second-order valence-electron chi connectivity index (χ2n) is 13.4. The van der Waals surface area contributed by atoms with E-state index in [0.29, 0.717) is 0 Å². The maximum absolute atomic E-state index is 2.80. The summed E-state index contributed by atoms with van der Waals surface area (Å²) in [4.78, 5) is 2.80. The van der Waals surface area contributed by atoms with Crippen LogP contribution in [-0.4, -0.2) is 18.0 Å². The molecule has 1 rings (SSSR count). The van der Waals surface area contributed by atoms with Crippen molar-refractivity contribution in [2.24, 2.45) is 0 Å². The molecule has 242 valence electrons. The molecule has 0 aliphatic rings. The highest BCUT2D eigenvalue weighted by molar-refractivity contribution is 5.85. The van der Waals surface area contributed by atoms with E-state index >= 15 is 0 Å². The Bertz CT molecular complexity index is 628. The molecular formula is C39H74ClN. The van der Waals surface area contributed by atoms with Crippen LogP contribution in [0.1, 0.15) is 200 Å². The minimum Gasteiger partial charge on any atom is -0.294 e. The average Bonchev–Trinajstić information content (AvgIpc) is 2.97. The average molecular weight is 592 g/mol. The Balaban J connectivity index is 0.0000160. The van der Waals surface area contributed by atoms with Gasteiger partial charge in [-0.2, -0.15) is 0 Å². The van der Waals surface area contributed by atoms with Gasteiger partial charge in [-0.05, 0) is 45.3 Å². The first-order valence-corrected chi connectivity index (χ1v) is 18.4. The molecule has 0 bridgehead atoms. The molecule has 1 aromatic rings. The van der Waals surface area contributed by atoms with Crippen LogP contribution >= 0.6 is 12.4 Å². The zero-order chi connectivity index (χ0) is 29.0. The van der Waals surface area contributed by atoms with Crippen molar-refractivity contribution in [3.8, 4) is 0 Å². The molecular weight excluding hydrogens is 518 g/mol. The van der Waals surface area contributed by atoms with Gasteiger partial charge in [-0.15, -0.1) is 12.4 Å². The molecule has 0 saturated carbocycles. The van der Waals surface area contributed by atoms with E-state index in [2.05, 4.69) is 62.9 Å². The van der Waals surface area contributed by atoms with E-state index in [4.69, 9.17) is 0 Å². The molecule has 41 heavy (non-hydrogen) atoms. The summed E-state index contributed by atoms with van der Waals surface area (Å²) in [5.41, 5.74) is 1.59. The van der Waals surface area contributed by atoms with E-state index in [1.54, 1.807) is 0 Å². The zero-order valence-electron chi connectivity index (χ0n) is 28.5. The van der Waals surface area contributed by atoms with Gasteiger partial charge in [0.05, 0.1) is 0 Å². The first-order valence-electron chi connectivity index (χ1n) is 18.4. The van der Waals surface area contributed by atoms with Crippen LogP contribution < -0.4 is 0 Å². The standard InChI is InChI=1S/C39H73N.ClH/c1-5-7-9-11-13-15-17-19-20-22-24-26-28-33-37-40(39(3,4)38-34-30-29-31-35-38)36-32-27-25-23-21-18-16-14-12-10-8-6-2;/h29-31,34-35H,5-28,32-33,36-37H2,1-4H3;1H. The number of hydrogen-bond acceptors (Lipinski definition) is 1. The molecule has 0 saturated heterocycles. The van der Waals surface area contributed by atoms with Crippen LogP contribution in [0.4, 0.5) is 0 Å². The highest BCUT2D eigenvalue weighted by Gasteiger charge is 2.27. The fraction of sp³-hybridized carbons (Fsp3) is 0.846. The molecule has 0 N–H and O–H groups in total. The fourth-order valence-electron chi connectivity index (χ4n) is 6.34. The third-order valence-electron chi connectivity index (χ3n) is 9.33. The van der Waals surface area contributed by atoms with Crippen LogP contribution in [0.5, 0.6) is 0 Å². The quantitative estimate of drug-likeness (QED) is 0.0804. The molecule has 0 heterocycles. The van der Waals surface area contributed by atoms with Crippen molar-refractivity contribution in [3.05, 3.63) is 35.9 Å². The number of unbranched alkanes of at least 4 members (excludes halogenated alkanes) is 24. The van der Waals surface area contributed by atoms with Gasteiger partial charge in [-0.3, -0.25) is 4.90 Å². The van der Waals surface area contributed by atoms with Crippen molar-refractivity contribution in [2.75, 3.05) is 13.1 Å². The number of rotatable bonds is 30. The topological polar surface area (TPSA) is 3.24 Å². The van der Waals surface area contributed by atoms with Gasteiger partial charge in [0.1, 0.15) is 0 Å². The summed E-state index contributed by atoms with van der Waals surface area (Å²) >= 11 is 0. The summed E-state index contributed by atoms with van der Waals surface area (Å²) in [6.07, 6.45) is 37.3. The van der Waals surface area contributed by atoms with Crippen molar-refractivity contribution in [3.63, 3.8) is 0 Å². The minimum absolute atomic E-state index is 0. The van der Waals surface area contributed by atoms with Crippen molar-refractivity contribution in [2.45, 2.75) is 200 Å². The van der Waals surface area contributed by atoms with Gasteiger partial charge in [0.2, 0.25) is 0 Å². The van der Waals surface area contributed by atoms with Crippen LogP contribution in [0.25, 0.3) is 0 Å². The summed E-state index contributed by atoms with van der Waals surface area (Å²) in [7, 11) is 0. The first kappa shape index (κ1) is 40.5. The molecule has 0 amide bonds. The lowest BCUT2D eigenvalue weighted by molar-refractivity contribution is 0.113. The third-order valence-corrected chi connectivity index (χ3v) is 9.33. The predicted molar refractivity (Wildman–Crippen MR) is 190 cm³/mol. The lowest BCUT2D eigenvalue weighted by Gasteiger charge is -2.39. The molecule has 1 nitrogen and oxygen atoms in total. The summed E-state index contributed by atoms with van der Waals surface area (Å²) in [6.45, 7) is 12.0. The van der Waals surface area contributed by atoms with E-state index in [-0.39, 0.29) is 17.9 Å². The van der Waals surface area contributed by atoms with Gasteiger partial charge < -0.3 is 0 Å². The Kier molecular flexibility index (Phi) is 29.2. The minimum atomic E-state index is 0. The summed E-state index contributed by atoms with van der Waals surface area (Å²) in [5, 5.41) is 0. The Hall–Kier alpha value is -0.530. The summed E-state index contributed by atoms with van der Waals surface area (Å²) in [6, 6.07) is 11.3. The summed E-state index contributed by atoms with van der Waals surface area (Å²) < 4.78 is 0. The highest BCUT2D eigenvalue weighted by Crippen LogP contribution is 2.29. The van der Waals surface area contributed by atoms with Crippen molar-refractivity contribution in [1.82, 2.24) is 4.90 Å². The van der Waals surface area contributed by atoms with E-state index in [1.165, 1.54) is 186 Å². The van der Waals surface area contributed by atoms with Crippen LogP contribution in [0.15, 0.2) is 30.3 Å². The first-order chi connectivity index (χ1) is 19.6. The molecule has 0 spiro atoms. The van der Waals surface area contributed by atoms with Crippen LogP contribution in [0.3, 0.4) is 0 Å². The lowest BCUT2D eigenvalue weighted by atomic mass is 9.91. The Labute approximate surface area is 265 Å². The maximum Gasteiger partial charge on any atom is 0.0404 e. The van der Waals surface area contributed by atoms with E-state index in [0.717, 1.165) is 0 Å². The molecule has 0 radical (unpaired) electrons. The van der Waals surface area contributed by atoms with E-state index < -0.39 is 0 Å². The molecule has 0 aliphatic carbocycles. The van der Waals surface area contributed by atoms with Gasteiger partial charge in [0, 0.05) is 5.54 Å². The normalized spacial score (nSPS) is 11.7. The van der Waals surface area contributed by atoms with Gasteiger partial charge in [-0.25, -0.2) is 0 Å². The molecule has 0 atom stereocenters. The smallest absolute Gasteiger partial charge is 0.0404 e. The molecule has 2 heteroatoms. The summed E-state index contributed by atoms with van der Waals surface area (Å²) in [5.74, 6) is 0. The number of hydrogen-bond donors (Lipinski definition) is 0. The van der Waals surface area contributed by atoms with Gasteiger partial charge >= 0.3 is 0 Å². The number of nitrogens with zero attached hydrogens (tertiary/aromatic N) is 1. The van der Waals surface area contributed by atoms with Crippen molar-refractivity contribution < 1.29 is 0 Å². The van der Waals surface area contributed by atoms with Crippen LogP contribution in [-0.2, 0) is 5.54 Å². The molecule has 0 unspecified atom stereocenters.